The Kier molecular flexibility index (Phi) is 4.37. The van der Waals surface area contributed by atoms with Crippen LogP contribution < -0.4 is 10.2 Å². The third kappa shape index (κ3) is 3.75. The first-order chi connectivity index (χ1) is 7.13. The first-order valence-corrected chi connectivity index (χ1v) is 5.02. The molecule has 1 N–H and O–H groups in total. The van der Waals surface area contributed by atoms with Crippen molar-refractivity contribution in [1.82, 2.24) is 4.98 Å². The van der Waals surface area contributed by atoms with E-state index in [0.29, 0.717) is 6.61 Å². The molecule has 0 spiro atoms. The van der Waals surface area contributed by atoms with E-state index in [1.165, 1.54) is 0 Å². The van der Waals surface area contributed by atoms with Gasteiger partial charge in [-0.3, -0.25) is 0 Å². The van der Waals surface area contributed by atoms with Crippen molar-refractivity contribution in [3.8, 4) is 0 Å². The van der Waals surface area contributed by atoms with E-state index in [9.17, 15) is 0 Å². The molecule has 0 radical (unpaired) electrons. The van der Waals surface area contributed by atoms with E-state index in [1.54, 1.807) is 7.11 Å². The molecule has 4 heteroatoms. The van der Waals surface area contributed by atoms with Gasteiger partial charge in [0.05, 0.1) is 18.5 Å². The highest BCUT2D eigenvalue weighted by molar-refractivity contribution is 5.48. The molecule has 0 saturated heterocycles. The molecule has 0 aliphatic heterocycles. The molecule has 15 heavy (non-hydrogen) atoms. The van der Waals surface area contributed by atoms with Crippen molar-refractivity contribution in [3.05, 3.63) is 18.3 Å². The Morgan fingerprint density at radius 1 is 1.47 bits per heavy atom. The first kappa shape index (κ1) is 11.8. The fourth-order valence-electron chi connectivity index (χ4n) is 1.28. The minimum Gasteiger partial charge on any atom is -0.383 e. The second-order valence-electron chi connectivity index (χ2n) is 3.80. The van der Waals surface area contributed by atoms with E-state index in [-0.39, 0.29) is 6.04 Å². The second-order valence-corrected chi connectivity index (χ2v) is 3.80. The minimum absolute atomic E-state index is 0.271. The highest BCUT2D eigenvalue weighted by atomic mass is 16.5. The molecule has 0 aromatic carbocycles. The molecule has 0 saturated carbocycles. The summed E-state index contributed by atoms with van der Waals surface area (Å²) in [5.74, 6) is 0.880. The summed E-state index contributed by atoms with van der Waals surface area (Å²) >= 11 is 0. The highest BCUT2D eigenvalue weighted by Crippen LogP contribution is 2.12. The average Bonchev–Trinajstić information content (AvgIpc) is 2.18. The summed E-state index contributed by atoms with van der Waals surface area (Å²) in [4.78, 5) is 6.34. The van der Waals surface area contributed by atoms with Crippen LogP contribution in [0.2, 0.25) is 0 Å². The highest BCUT2D eigenvalue weighted by Gasteiger charge is 2.02. The Labute approximate surface area is 91.3 Å². The standard InChI is InChI=1S/C11H19N3O/c1-9(8-15-4)13-11-6-5-10(7-12-11)14(2)3/h5-7,9H,8H2,1-4H3,(H,12,13). The number of nitrogens with zero attached hydrogens (tertiary/aromatic N) is 2. The molecule has 0 bridgehead atoms. The fourth-order valence-corrected chi connectivity index (χ4v) is 1.28. The van der Waals surface area contributed by atoms with Crippen LogP contribution in [0.5, 0.6) is 0 Å². The smallest absolute Gasteiger partial charge is 0.126 e. The summed E-state index contributed by atoms with van der Waals surface area (Å²) in [6.45, 7) is 2.74. The molecule has 1 aromatic rings. The van der Waals surface area contributed by atoms with Gasteiger partial charge in [-0.15, -0.1) is 0 Å². The van der Waals surface area contributed by atoms with E-state index in [1.807, 2.05) is 37.3 Å². The lowest BCUT2D eigenvalue weighted by atomic mass is 10.3. The average molecular weight is 209 g/mol. The summed E-state index contributed by atoms with van der Waals surface area (Å²) < 4.78 is 5.04. The van der Waals surface area contributed by atoms with Crippen molar-refractivity contribution < 1.29 is 4.74 Å². The summed E-state index contributed by atoms with van der Waals surface area (Å²) in [7, 11) is 5.69. The second kappa shape index (κ2) is 5.56. The lowest BCUT2D eigenvalue weighted by Gasteiger charge is -2.15. The maximum Gasteiger partial charge on any atom is 0.126 e. The van der Waals surface area contributed by atoms with E-state index in [0.717, 1.165) is 11.5 Å². The molecule has 4 nitrogen and oxygen atoms in total. The topological polar surface area (TPSA) is 37.4 Å². The van der Waals surface area contributed by atoms with Gasteiger partial charge in [0.15, 0.2) is 0 Å². The number of ether oxygens (including phenoxy) is 1. The van der Waals surface area contributed by atoms with Crippen LogP contribution in [0.1, 0.15) is 6.92 Å². The van der Waals surface area contributed by atoms with Gasteiger partial charge in [-0.25, -0.2) is 4.98 Å². The van der Waals surface area contributed by atoms with Crippen molar-refractivity contribution in [2.24, 2.45) is 0 Å². The molecule has 1 aromatic heterocycles. The number of methoxy groups -OCH3 is 1. The number of hydrogen-bond acceptors (Lipinski definition) is 4. The van der Waals surface area contributed by atoms with Crippen LogP contribution in [0.15, 0.2) is 18.3 Å². The van der Waals surface area contributed by atoms with Crippen LogP contribution in [0.3, 0.4) is 0 Å². The maximum atomic E-state index is 5.04. The van der Waals surface area contributed by atoms with E-state index in [4.69, 9.17) is 4.74 Å². The summed E-state index contributed by atoms with van der Waals surface area (Å²) in [5.41, 5.74) is 1.10. The van der Waals surface area contributed by atoms with Crippen LogP contribution in [-0.4, -0.2) is 38.8 Å². The number of hydrogen-bond donors (Lipinski definition) is 1. The third-order valence-electron chi connectivity index (χ3n) is 2.08. The van der Waals surface area contributed by atoms with Crippen molar-refractivity contribution in [1.29, 1.82) is 0 Å². The monoisotopic (exact) mass is 209 g/mol. The number of anilines is 2. The van der Waals surface area contributed by atoms with Gasteiger partial charge in [-0.2, -0.15) is 0 Å². The zero-order valence-electron chi connectivity index (χ0n) is 9.82. The Bertz CT molecular complexity index is 284. The lowest BCUT2D eigenvalue weighted by Crippen LogP contribution is -2.21. The Hall–Kier alpha value is -1.29. The normalized spacial score (nSPS) is 12.3. The molecule has 1 unspecified atom stereocenters. The van der Waals surface area contributed by atoms with Crippen molar-refractivity contribution >= 4 is 11.5 Å². The maximum absolute atomic E-state index is 5.04. The fraction of sp³-hybridized carbons (Fsp3) is 0.545. The Morgan fingerprint density at radius 3 is 2.67 bits per heavy atom. The van der Waals surface area contributed by atoms with Gasteiger partial charge in [-0.1, -0.05) is 0 Å². The third-order valence-corrected chi connectivity index (χ3v) is 2.08. The summed E-state index contributed by atoms with van der Waals surface area (Å²) in [6.07, 6.45) is 1.85. The van der Waals surface area contributed by atoms with E-state index < -0.39 is 0 Å². The molecule has 0 aliphatic rings. The van der Waals surface area contributed by atoms with Crippen molar-refractivity contribution in [2.45, 2.75) is 13.0 Å². The van der Waals surface area contributed by atoms with Crippen LogP contribution in [0.4, 0.5) is 11.5 Å². The van der Waals surface area contributed by atoms with Gasteiger partial charge in [-0.05, 0) is 19.1 Å². The van der Waals surface area contributed by atoms with Gasteiger partial charge in [0.2, 0.25) is 0 Å². The molecular formula is C11H19N3O. The van der Waals surface area contributed by atoms with Crippen LogP contribution >= 0.6 is 0 Å². The van der Waals surface area contributed by atoms with Gasteiger partial charge in [0.25, 0.3) is 0 Å². The van der Waals surface area contributed by atoms with Gasteiger partial charge in [0.1, 0.15) is 5.82 Å². The van der Waals surface area contributed by atoms with Crippen molar-refractivity contribution in [3.63, 3.8) is 0 Å². The molecule has 1 heterocycles. The molecule has 84 valence electrons. The van der Waals surface area contributed by atoms with Gasteiger partial charge in [0, 0.05) is 27.2 Å². The quantitative estimate of drug-likeness (QED) is 0.799. The number of rotatable bonds is 5. The first-order valence-electron chi connectivity index (χ1n) is 5.02. The zero-order chi connectivity index (χ0) is 11.3. The molecule has 1 atom stereocenters. The Morgan fingerprint density at radius 2 is 2.20 bits per heavy atom. The van der Waals surface area contributed by atoms with Crippen LogP contribution in [0, 0.1) is 0 Å². The molecular weight excluding hydrogens is 190 g/mol. The van der Waals surface area contributed by atoms with Crippen molar-refractivity contribution in [2.75, 3.05) is 38.0 Å². The predicted octanol–water partition coefficient (Wildman–Crippen LogP) is 1.59. The summed E-state index contributed by atoms with van der Waals surface area (Å²) in [6, 6.07) is 4.28. The minimum atomic E-state index is 0.271. The molecule has 0 aliphatic carbocycles. The Balaban J connectivity index is 2.56. The number of aromatic nitrogens is 1. The number of nitrogens with one attached hydrogen (secondary N) is 1. The molecule has 1 rings (SSSR count). The molecule has 0 amide bonds. The van der Waals surface area contributed by atoms with E-state index >= 15 is 0 Å². The summed E-state index contributed by atoms with van der Waals surface area (Å²) in [5, 5.41) is 3.25. The zero-order valence-corrected chi connectivity index (χ0v) is 9.82. The SMILES string of the molecule is COCC(C)Nc1ccc(N(C)C)cn1. The van der Waals surface area contributed by atoms with Crippen LogP contribution in [0.25, 0.3) is 0 Å². The largest absolute Gasteiger partial charge is 0.383 e. The van der Waals surface area contributed by atoms with Gasteiger partial charge < -0.3 is 15.0 Å². The van der Waals surface area contributed by atoms with Gasteiger partial charge >= 0.3 is 0 Å². The molecule has 0 fully saturated rings. The predicted molar refractivity (Wildman–Crippen MR) is 63.5 cm³/mol. The lowest BCUT2D eigenvalue weighted by molar-refractivity contribution is 0.190. The number of pyridine rings is 1. The van der Waals surface area contributed by atoms with Crippen LogP contribution in [-0.2, 0) is 4.74 Å². The van der Waals surface area contributed by atoms with E-state index in [2.05, 4.69) is 17.2 Å².